The predicted molar refractivity (Wildman–Crippen MR) is 54.6 cm³/mol. The van der Waals surface area contributed by atoms with Crippen LogP contribution < -0.4 is 5.73 Å². The Morgan fingerprint density at radius 1 is 1.57 bits per heavy atom. The first kappa shape index (κ1) is 11.2. The third-order valence-electron chi connectivity index (χ3n) is 2.70. The number of nitrogens with zero attached hydrogens (tertiary/aromatic N) is 1. The van der Waals surface area contributed by atoms with E-state index in [9.17, 15) is 9.90 Å². The molecule has 0 aliphatic carbocycles. The molecule has 1 aliphatic heterocycles. The zero-order chi connectivity index (χ0) is 10.6. The molecule has 0 spiro atoms. The van der Waals surface area contributed by atoms with Crippen molar-refractivity contribution in [3.05, 3.63) is 12.2 Å². The highest BCUT2D eigenvalue weighted by Crippen LogP contribution is 2.20. The highest BCUT2D eigenvalue weighted by molar-refractivity contribution is 5.87. The Kier molecular flexibility index (Phi) is 3.66. The molecule has 1 heterocycles. The number of hydrogen-bond donors (Lipinski definition) is 2. The molecule has 0 aromatic rings. The van der Waals surface area contributed by atoms with Crippen LogP contribution in [0, 0.1) is 0 Å². The normalized spacial score (nSPS) is 21.5. The molecule has 1 amide bonds. The number of piperidine rings is 1. The Morgan fingerprint density at radius 3 is 2.57 bits per heavy atom. The van der Waals surface area contributed by atoms with Gasteiger partial charge in [-0.1, -0.05) is 6.08 Å². The molecule has 4 heteroatoms. The third kappa shape index (κ3) is 2.56. The first-order valence-electron chi connectivity index (χ1n) is 4.95. The first-order valence-corrected chi connectivity index (χ1v) is 4.95. The monoisotopic (exact) mass is 198 g/mol. The largest absolute Gasteiger partial charge is 0.388 e. The Balaban J connectivity index is 2.47. The van der Waals surface area contributed by atoms with Crippen molar-refractivity contribution in [1.29, 1.82) is 0 Å². The molecule has 1 rings (SSSR count). The lowest BCUT2D eigenvalue weighted by Gasteiger charge is -2.36. The molecule has 0 radical (unpaired) electrons. The molecule has 80 valence electrons. The van der Waals surface area contributed by atoms with Gasteiger partial charge in [0, 0.05) is 19.6 Å². The van der Waals surface area contributed by atoms with Gasteiger partial charge in [-0.05, 0) is 25.8 Å². The lowest BCUT2D eigenvalue weighted by Crippen LogP contribution is -2.49. The molecule has 1 aliphatic rings. The van der Waals surface area contributed by atoms with Crippen LogP contribution in [0.3, 0.4) is 0 Å². The molecule has 4 nitrogen and oxygen atoms in total. The van der Waals surface area contributed by atoms with Crippen LogP contribution in [0.1, 0.15) is 19.8 Å². The zero-order valence-corrected chi connectivity index (χ0v) is 8.57. The van der Waals surface area contributed by atoms with Crippen LogP contribution in [-0.4, -0.2) is 41.1 Å². The average molecular weight is 198 g/mol. The standard InChI is InChI=1S/C10H18N2O2/c1-2-3-9(13)12-6-4-10(14,8-11)5-7-12/h2-3,14H,4-8,11H2,1H3/b3-2+. The summed E-state index contributed by atoms with van der Waals surface area (Å²) in [5.41, 5.74) is 4.69. The van der Waals surface area contributed by atoms with Crippen LogP contribution in [0.5, 0.6) is 0 Å². The van der Waals surface area contributed by atoms with Crippen molar-refractivity contribution >= 4 is 5.91 Å². The fourth-order valence-corrected chi connectivity index (χ4v) is 1.60. The number of rotatable bonds is 2. The van der Waals surface area contributed by atoms with Crippen molar-refractivity contribution in [3.63, 3.8) is 0 Å². The van der Waals surface area contributed by atoms with E-state index >= 15 is 0 Å². The van der Waals surface area contributed by atoms with E-state index in [1.807, 2.05) is 6.92 Å². The summed E-state index contributed by atoms with van der Waals surface area (Å²) < 4.78 is 0. The summed E-state index contributed by atoms with van der Waals surface area (Å²) in [6.07, 6.45) is 4.43. The van der Waals surface area contributed by atoms with Gasteiger partial charge in [-0.15, -0.1) is 0 Å². The van der Waals surface area contributed by atoms with E-state index in [-0.39, 0.29) is 12.5 Å². The van der Waals surface area contributed by atoms with Crippen molar-refractivity contribution in [3.8, 4) is 0 Å². The Morgan fingerprint density at radius 2 is 2.14 bits per heavy atom. The fourth-order valence-electron chi connectivity index (χ4n) is 1.60. The topological polar surface area (TPSA) is 66.6 Å². The second-order valence-electron chi connectivity index (χ2n) is 3.75. The molecule has 3 N–H and O–H groups in total. The van der Waals surface area contributed by atoms with Gasteiger partial charge in [0.05, 0.1) is 5.60 Å². The highest BCUT2D eigenvalue weighted by Gasteiger charge is 2.31. The summed E-state index contributed by atoms with van der Waals surface area (Å²) >= 11 is 0. The Labute approximate surface area is 84.4 Å². The van der Waals surface area contributed by atoms with Gasteiger partial charge in [0.1, 0.15) is 0 Å². The molecule has 0 atom stereocenters. The smallest absolute Gasteiger partial charge is 0.246 e. The average Bonchev–Trinajstić information content (AvgIpc) is 2.19. The molecular formula is C10H18N2O2. The fraction of sp³-hybridized carbons (Fsp3) is 0.700. The molecule has 0 aromatic heterocycles. The molecule has 1 fully saturated rings. The van der Waals surface area contributed by atoms with Crippen molar-refractivity contribution in [2.75, 3.05) is 19.6 Å². The van der Waals surface area contributed by atoms with Gasteiger partial charge in [-0.3, -0.25) is 4.79 Å². The minimum absolute atomic E-state index is 0.0200. The number of amides is 1. The molecule has 14 heavy (non-hydrogen) atoms. The SMILES string of the molecule is C/C=C/C(=O)N1CCC(O)(CN)CC1. The third-order valence-corrected chi connectivity index (χ3v) is 2.70. The highest BCUT2D eigenvalue weighted by atomic mass is 16.3. The van der Waals surface area contributed by atoms with Crippen LogP contribution in [0.2, 0.25) is 0 Å². The second kappa shape index (κ2) is 4.57. The number of allylic oxidation sites excluding steroid dienone is 1. The number of aliphatic hydroxyl groups is 1. The summed E-state index contributed by atoms with van der Waals surface area (Å²) in [7, 11) is 0. The zero-order valence-electron chi connectivity index (χ0n) is 8.57. The maximum atomic E-state index is 11.4. The van der Waals surface area contributed by atoms with Gasteiger partial charge < -0.3 is 15.7 Å². The minimum atomic E-state index is -0.757. The van der Waals surface area contributed by atoms with Crippen LogP contribution in [0.15, 0.2) is 12.2 Å². The number of nitrogens with two attached hydrogens (primary N) is 1. The van der Waals surface area contributed by atoms with Gasteiger partial charge in [-0.2, -0.15) is 0 Å². The number of hydrogen-bond acceptors (Lipinski definition) is 3. The van der Waals surface area contributed by atoms with Gasteiger partial charge in [-0.25, -0.2) is 0 Å². The molecule has 0 bridgehead atoms. The molecule has 0 aromatic carbocycles. The summed E-state index contributed by atoms with van der Waals surface area (Å²) in [5.74, 6) is 0.0200. The van der Waals surface area contributed by atoms with Gasteiger partial charge in [0.25, 0.3) is 0 Å². The van der Waals surface area contributed by atoms with E-state index < -0.39 is 5.60 Å². The summed E-state index contributed by atoms with van der Waals surface area (Å²) in [4.78, 5) is 13.2. The summed E-state index contributed by atoms with van der Waals surface area (Å²) in [5, 5.41) is 9.83. The van der Waals surface area contributed by atoms with E-state index in [1.54, 1.807) is 17.1 Å². The van der Waals surface area contributed by atoms with Crippen LogP contribution in [0.4, 0.5) is 0 Å². The summed E-state index contributed by atoms with van der Waals surface area (Å²) in [6, 6.07) is 0. The van der Waals surface area contributed by atoms with E-state index in [4.69, 9.17) is 5.73 Å². The first-order chi connectivity index (χ1) is 6.61. The maximum absolute atomic E-state index is 11.4. The van der Waals surface area contributed by atoms with Crippen LogP contribution >= 0.6 is 0 Å². The van der Waals surface area contributed by atoms with Crippen LogP contribution in [-0.2, 0) is 4.79 Å². The second-order valence-corrected chi connectivity index (χ2v) is 3.75. The van der Waals surface area contributed by atoms with Crippen LogP contribution in [0.25, 0.3) is 0 Å². The van der Waals surface area contributed by atoms with E-state index in [1.165, 1.54) is 0 Å². The molecule has 0 unspecified atom stereocenters. The van der Waals surface area contributed by atoms with Gasteiger partial charge in [0.2, 0.25) is 5.91 Å². The lowest BCUT2D eigenvalue weighted by atomic mass is 9.91. The quantitative estimate of drug-likeness (QED) is 0.608. The van der Waals surface area contributed by atoms with E-state index in [2.05, 4.69) is 0 Å². The summed E-state index contributed by atoms with van der Waals surface area (Å²) in [6.45, 7) is 3.28. The number of carbonyl (C=O) groups is 1. The Hall–Kier alpha value is -0.870. The van der Waals surface area contributed by atoms with E-state index in [0.717, 1.165) is 0 Å². The van der Waals surface area contributed by atoms with Crippen molar-refractivity contribution in [1.82, 2.24) is 4.90 Å². The molecule has 1 saturated heterocycles. The predicted octanol–water partition coefficient (Wildman–Crippen LogP) is -0.125. The Bertz CT molecular complexity index is 230. The minimum Gasteiger partial charge on any atom is -0.388 e. The lowest BCUT2D eigenvalue weighted by molar-refractivity contribution is -0.129. The van der Waals surface area contributed by atoms with Crippen molar-refractivity contribution in [2.45, 2.75) is 25.4 Å². The van der Waals surface area contributed by atoms with Gasteiger partial charge >= 0.3 is 0 Å². The van der Waals surface area contributed by atoms with Gasteiger partial charge in [0.15, 0.2) is 0 Å². The number of carbonyl (C=O) groups excluding carboxylic acids is 1. The number of likely N-dealkylation sites (tertiary alicyclic amines) is 1. The molecular weight excluding hydrogens is 180 g/mol. The van der Waals surface area contributed by atoms with Crippen molar-refractivity contribution in [2.24, 2.45) is 5.73 Å². The van der Waals surface area contributed by atoms with E-state index in [0.29, 0.717) is 25.9 Å². The van der Waals surface area contributed by atoms with Crippen molar-refractivity contribution < 1.29 is 9.90 Å². The molecule has 0 saturated carbocycles. The maximum Gasteiger partial charge on any atom is 0.246 e.